The van der Waals surface area contributed by atoms with Crippen molar-refractivity contribution in [2.75, 3.05) is 13.7 Å². The summed E-state index contributed by atoms with van der Waals surface area (Å²) in [6.45, 7) is 2.44. The Morgan fingerprint density at radius 1 is 1.41 bits per heavy atom. The van der Waals surface area contributed by atoms with Crippen LogP contribution >= 0.6 is 0 Å². The number of carbonyl (C=O) groups excluding carboxylic acids is 1. The summed E-state index contributed by atoms with van der Waals surface area (Å²) in [6.07, 6.45) is 3.96. The van der Waals surface area contributed by atoms with E-state index in [0.29, 0.717) is 18.7 Å². The topological polar surface area (TPSA) is 73.2 Å². The predicted octanol–water partition coefficient (Wildman–Crippen LogP) is 0.919. The fraction of sp³-hybridized carbons (Fsp3) is 0.312. The van der Waals surface area contributed by atoms with Crippen LogP contribution in [0.15, 0.2) is 41.5 Å². The van der Waals surface area contributed by atoms with Crippen molar-refractivity contribution in [3.63, 3.8) is 0 Å². The van der Waals surface area contributed by atoms with Gasteiger partial charge in [-0.15, -0.1) is 0 Å². The highest BCUT2D eigenvalue weighted by Gasteiger charge is 2.07. The van der Waals surface area contributed by atoms with Gasteiger partial charge in [0.1, 0.15) is 6.54 Å². The van der Waals surface area contributed by atoms with E-state index in [1.807, 2.05) is 18.2 Å². The standard InChI is InChI=1S/C16H19N3O3/c1-12-9-14(20)15(22-2)10-19(12)11-16(21)18-8-6-13-5-3-4-7-17-13/h3-5,7,9-10H,6,8,11H2,1-2H3,(H,18,21). The molecule has 0 bridgehead atoms. The second kappa shape index (κ2) is 7.40. The summed E-state index contributed by atoms with van der Waals surface area (Å²) >= 11 is 0. The average molecular weight is 301 g/mol. The molecule has 6 heteroatoms. The lowest BCUT2D eigenvalue weighted by Gasteiger charge is -2.12. The molecule has 0 aliphatic heterocycles. The first-order valence-corrected chi connectivity index (χ1v) is 7.02. The van der Waals surface area contributed by atoms with Crippen molar-refractivity contribution >= 4 is 5.91 Å². The number of hydrogen-bond acceptors (Lipinski definition) is 4. The number of rotatable bonds is 6. The highest BCUT2D eigenvalue weighted by molar-refractivity contribution is 5.75. The monoisotopic (exact) mass is 301 g/mol. The van der Waals surface area contributed by atoms with E-state index in [2.05, 4.69) is 10.3 Å². The molecule has 6 nitrogen and oxygen atoms in total. The summed E-state index contributed by atoms with van der Waals surface area (Å²) in [5.41, 5.74) is 1.46. The number of carbonyl (C=O) groups is 1. The summed E-state index contributed by atoms with van der Waals surface area (Å²) in [7, 11) is 1.43. The third-order valence-electron chi connectivity index (χ3n) is 3.27. The van der Waals surface area contributed by atoms with E-state index in [9.17, 15) is 9.59 Å². The van der Waals surface area contributed by atoms with Gasteiger partial charge in [-0.05, 0) is 19.1 Å². The number of pyridine rings is 2. The van der Waals surface area contributed by atoms with Crippen molar-refractivity contribution in [1.82, 2.24) is 14.9 Å². The number of nitrogens with one attached hydrogen (secondary N) is 1. The van der Waals surface area contributed by atoms with Gasteiger partial charge < -0.3 is 14.6 Å². The quantitative estimate of drug-likeness (QED) is 0.861. The summed E-state index contributed by atoms with van der Waals surface area (Å²) in [4.78, 5) is 27.8. The molecule has 2 aromatic heterocycles. The third-order valence-corrected chi connectivity index (χ3v) is 3.27. The number of amides is 1. The molecule has 0 saturated heterocycles. The maximum Gasteiger partial charge on any atom is 0.239 e. The zero-order chi connectivity index (χ0) is 15.9. The zero-order valence-electron chi connectivity index (χ0n) is 12.7. The number of hydrogen-bond donors (Lipinski definition) is 1. The molecule has 0 atom stereocenters. The Hall–Kier alpha value is -2.63. The molecule has 0 aliphatic carbocycles. The number of aromatic nitrogens is 2. The summed E-state index contributed by atoms with van der Waals surface area (Å²) < 4.78 is 6.68. The van der Waals surface area contributed by atoms with E-state index in [0.717, 1.165) is 5.69 Å². The van der Waals surface area contributed by atoms with E-state index < -0.39 is 0 Å². The number of methoxy groups -OCH3 is 1. The third kappa shape index (κ3) is 4.18. The molecule has 1 amide bonds. The molecular formula is C16H19N3O3. The molecule has 2 heterocycles. The van der Waals surface area contributed by atoms with Crippen molar-refractivity contribution in [1.29, 1.82) is 0 Å². The minimum absolute atomic E-state index is 0.121. The minimum atomic E-state index is -0.188. The van der Waals surface area contributed by atoms with E-state index in [1.165, 1.54) is 13.2 Å². The Labute approximate surface area is 128 Å². The fourth-order valence-electron chi connectivity index (χ4n) is 2.06. The zero-order valence-corrected chi connectivity index (χ0v) is 12.7. The minimum Gasteiger partial charge on any atom is -0.491 e. The van der Waals surface area contributed by atoms with Gasteiger partial charge in [-0.3, -0.25) is 14.6 Å². The Morgan fingerprint density at radius 3 is 2.91 bits per heavy atom. The molecule has 0 radical (unpaired) electrons. The van der Waals surface area contributed by atoms with E-state index >= 15 is 0 Å². The summed E-state index contributed by atoms with van der Waals surface area (Å²) in [5.74, 6) is 0.108. The second-order valence-corrected chi connectivity index (χ2v) is 4.90. The molecule has 1 N–H and O–H groups in total. The van der Waals surface area contributed by atoms with Crippen LogP contribution in [0.3, 0.4) is 0 Å². The van der Waals surface area contributed by atoms with Crippen LogP contribution in [-0.4, -0.2) is 29.1 Å². The van der Waals surface area contributed by atoms with Crippen LogP contribution in [-0.2, 0) is 17.8 Å². The number of aryl methyl sites for hydroxylation is 1. The molecule has 0 aliphatic rings. The lowest BCUT2D eigenvalue weighted by Crippen LogP contribution is -2.30. The van der Waals surface area contributed by atoms with Gasteiger partial charge in [-0.2, -0.15) is 0 Å². The van der Waals surface area contributed by atoms with Crippen LogP contribution in [0.25, 0.3) is 0 Å². The first-order chi connectivity index (χ1) is 10.6. The highest BCUT2D eigenvalue weighted by Crippen LogP contribution is 2.05. The largest absolute Gasteiger partial charge is 0.491 e. The molecule has 0 unspecified atom stereocenters. The van der Waals surface area contributed by atoms with E-state index in [1.54, 1.807) is 23.9 Å². The van der Waals surface area contributed by atoms with Gasteiger partial charge in [0, 0.05) is 36.6 Å². The van der Waals surface area contributed by atoms with Crippen LogP contribution in [0.2, 0.25) is 0 Å². The van der Waals surface area contributed by atoms with Gasteiger partial charge in [0.2, 0.25) is 11.3 Å². The Morgan fingerprint density at radius 2 is 2.23 bits per heavy atom. The molecule has 0 spiro atoms. The lowest BCUT2D eigenvalue weighted by molar-refractivity contribution is -0.121. The van der Waals surface area contributed by atoms with Crippen molar-refractivity contribution < 1.29 is 9.53 Å². The van der Waals surface area contributed by atoms with Crippen molar-refractivity contribution in [2.24, 2.45) is 0 Å². The van der Waals surface area contributed by atoms with Crippen LogP contribution in [0.1, 0.15) is 11.4 Å². The Bertz CT molecular complexity index is 696. The second-order valence-electron chi connectivity index (χ2n) is 4.90. The van der Waals surface area contributed by atoms with Crippen LogP contribution in [0.4, 0.5) is 0 Å². The maximum absolute atomic E-state index is 12.0. The lowest BCUT2D eigenvalue weighted by atomic mass is 10.2. The van der Waals surface area contributed by atoms with Crippen LogP contribution in [0.5, 0.6) is 5.75 Å². The van der Waals surface area contributed by atoms with E-state index in [4.69, 9.17) is 4.74 Å². The van der Waals surface area contributed by atoms with Crippen molar-refractivity contribution in [2.45, 2.75) is 19.9 Å². The molecule has 116 valence electrons. The van der Waals surface area contributed by atoms with E-state index in [-0.39, 0.29) is 23.6 Å². The van der Waals surface area contributed by atoms with Gasteiger partial charge in [0.25, 0.3) is 0 Å². The first-order valence-electron chi connectivity index (χ1n) is 7.02. The van der Waals surface area contributed by atoms with Crippen molar-refractivity contribution in [3.05, 3.63) is 58.3 Å². The van der Waals surface area contributed by atoms with Gasteiger partial charge >= 0.3 is 0 Å². The number of nitrogens with zero attached hydrogens (tertiary/aromatic N) is 2. The van der Waals surface area contributed by atoms with Gasteiger partial charge in [-0.25, -0.2) is 0 Å². The SMILES string of the molecule is COc1cn(CC(=O)NCCc2ccccn2)c(C)cc1=O. The van der Waals surface area contributed by atoms with Crippen molar-refractivity contribution in [3.8, 4) is 5.75 Å². The van der Waals surface area contributed by atoms with Gasteiger partial charge in [-0.1, -0.05) is 6.07 Å². The molecule has 2 aromatic rings. The Kier molecular flexibility index (Phi) is 5.30. The predicted molar refractivity (Wildman–Crippen MR) is 82.9 cm³/mol. The molecule has 0 saturated carbocycles. The number of ether oxygens (including phenoxy) is 1. The molecular weight excluding hydrogens is 282 g/mol. The van der Waals surface area contributed by atoms with Gasteiger partial charge in [0.05, 0.1) is 13.3 Å². The molecule has 22 heavy (non-hydrogen) atoms. The summed E-state index contributed by atoms with van der Waals surface area (Å²) in [6, 6.07) is 7.15. The highest BCUT2D eigenvalue weighted by atomic mass is 16.5. The van der Waals surface area contributed by atoms with Gasteiger partial charge in [0.15, 0.2) is 5.75 Å². The molecule has 2 rings (SSSR count). The normalized spacial score (nSPS) is 10.3. The molecule has 0 aromatic carbocycles. The summed E-state index contributed by atoms with van der Waals surface area (Å²) in [5, 5.41) is 2.84. The maximum atomic E-state index is 12.0. The smallest absolute Gasteiger partial charge is 0.239 e. The first kappa shape index (κ1) is 15.8. The van der Waals surface area contributed by atoms with Crippen LogP contribution < -0.4 is 15.5 Å². The average Bonchev–Trinajstić information content (AvgIpc) is 2.51. The molecule has 0 fully saturated rings. The Balaban J connectivity index is 1.91. The fourth-order valence-corrected chi connectivity index (χ4v) is 2.06. The van der Waals surface area contributed by atoms with Crippen LogP contribution in [0, 0.1) is 6.92 Å².